The number of nitrogens with zero attached hydrogens (tertiary/aromatic N) is 3. The van der Waals surface area contributed by atoms with E-state index in [-0.39, 0.29) is 17.5 Å². The summed E-state index contributed by atoms with van der Waals surface area (Å²) in [7, 11) is 0. The summed E-state index contributed by atoms with van der Waals surface area (Å²) >= 11 is 1.24. The molecule has 2 aromatic carbocycles. The number of aryl methyl sites for hydroxylation is 1. The highest BCUT2D eigenvalue weighted by molar-refractivity contribution is 7.19. The summed E-state index contributed by atoms with van der Waals surface area (Å²) in [6.45, 7) is 3.24. The van der Waals surface area contributed by atoms with E-state index in [1.165, 1.54) is 30.4 Å². The van der Waals surface area contributed by atoms with Crippen LogP contribution in [0.3, 0.4) is 0 Å². The summed E-state index contributed by atoms with van der Waals surface area (Å²) in [5, 5.41) is 16.5. The van der Waals surface area contributed by atoms with E-state index in [1.807, 2.05) is 6.92 Å². The average molecular weight is 435 g/mol. The van der Waals surface area contributed by atoms with E-state index in [9.17, 15) is 19.7 Å². The highest BCUT2D eigenvalue weighted by Gasteiger charge is 2.19. The molecule has 156 valence electrons. The Morgan fingerprint density at radius 3 is 2.39 bits per heavy atom. The summed E-state index contributed by atoms with van der Waals surface area (Å²) in [5.74, 6) is -0.434. The lowest BCUT2D eigenvalue weighted by Gasteiger charge is -2.06. The number of nitrogens with one attached hydrogen (secondary N) is 2. The Morgan fingerprint density at radius 1 is 1.10 bits per heavy atom. The van der Waals surface area contributed by atoms with Crippen molar-refractivity contribution in [2.45, 2.75) is 13.8 Å². The number of carbonyl (C=O) groups is 2. The Hall–Kier alpha value is -4.05. The molecule has 0 fully saturated rings. The van der Waals surface area contributed by atoms with Gasteiger partial charge < -0.3 is 10.6 Å². The van der Waals surface area contributed by atoms with Gasteiger partial charge in [-0.2, -0.15) is 0 Å². The van der Waals surface area contributed by atoms with E-state index in [2.05, 4.69) is 15.6 Å². The van der Waals surface area contributed by atoms with Crippen LogP contribution in [0.25, 0.3) is 16.2 Å². The van der Waals surface area contributed by atoms with Crippen LogP contribution in [0.2, 0.25) is 0 Å². The zero-order valence-electron chi connectivity index (χ0n) is 16.6. The normalized spacial score (nSPS) is 10.8. The van der Waals surface area contributed by atoms with Gasteiger partial charge in [-0.05, 0) is 31.2 Å². The van der Waals surface area contributed by atoms with E-state index in [4.69, 9.17) is 0 Å². The minimum Gasteiger partial charge on any atom is -0.326 e. The number of hydrogen-bond acceptors (Lipinski definition) is 6. The third kappa shape index (κ3) is 4.14. The van der Waals surface area contributed by atoms with Crippen molar-refractivity contribution in [2.24, 2.45) is 0 Å². The molecule has 2 amide bonds. The average Bonchev–Trinajstić information content (AvgIpc) is 3.29. The van der Waals surface area contributed by atoms with Crippen LogP contribution in [0, 0.1) is 17.0 Å². The summed E-state index contributed by atoms with van der Waals surface area (Å²) in [4.78, 5) is 40.1. The molecule has 0 aliphatic carbocycles. The fourth-order valence-electron chi connectivity index (χ4n) is 3.11. The van der Waals surface area contributed by atoms with Crippen molar-refractivity contribution < 1.29 is 14.5 Å². The molecule has 0 saturated heterocycles. The minimum absolute atomic E-state index is 0.00448. The number of thiazole rings is 1. The fraction of sp³-hybridized carbons (Fsp3) is 0.0952. The topological polar surface area (TPSA) is 119 Å². The molecule has 2 N–H and O–H groups in total. The lowest BCUT2D eigenvalue weighted by atomic mass is 10.1. The van der Waals surface area contributed by atoms with E-state index < -0.39 is 4.92 Å². The number of fused-ring (bicyclic) bond motifs is 1. The number of amides is 2. The maximum atomic E-state index is 12.8. The molecule has 0 bridgehead atoms. The van der Waals surface area contributed by atoms with Gasteiger partial charge in [0.2, 0.25) is 5.91 Å². The van der Waals surface area contributed by atoms with E-state index in [0.717, 1.165) is 5.69 Å². The van der Waals surface area contributed by atoms with Crippen molar-refractivity contribution in [2.75, 3.05) is 10.6 Å². The molecule has 0 spiro atoms. The van der Waals surface area contributed by atoms with Gasteiger partial charge in [0.15, 0.2) is 4.96 Å². The summed E-state index contributed by atoms with van der Waals surface area (Å²) < 4.78 is 1.80. The zero-order chi connectivity index (χ0) is 22.1. The molecule has 0 aliphatic heterocycles. The lowest BCUT2D eigenvalue weighted by Crippen LogP contribution is -2.12. The minimum atomic E-state index is -0.446. The molecule has 31 heavy (non-hydrogen) atoms. The fourth-order valence-corrected chi connectivity index (χ4v) is 4.11. The van der Waals surface area contributed by atoms with E-state index in [0.29, 0.717) is 32.5 Å². The van der Waals surface area contributed by atoms with Crippen molar-refractivity contribution in [3.05, 3.63) is 75.4 Å². The first-order valence-corrected chi connectivity index (χ1v) is 10.1. The number of aromatic nitrogens is 2. The Balaban J connectivity index is 1.56. The van der Waals surface area contributed by atoms with Gasteiger partial charge in [0.25, 0.3) is 11.6 Å². The molecule has 0 radical (unpaired) electrons. The van der Waals surface area contributed by atoms with Crippen LogP contribution in [0.5, 0.6) is 0 Å². The summed E-state index contributed by atoms with van der Waals surface area (Å²) in [6.07, 6.45) is 1.76. The van der Waals surface area contributed by atoms with Gasteiger partial charge in [-0.25, -0.2) is 4.98 Å². The third-order valence-electron chi connectivity index (χ3n) is 4.58. The van der Waals surface area contributed by atoms with Gasteiger partial charge in [0.05, 0.1) is 10.6 Å². The highest BCUT2D eigenvalue weighted by atomic mass is 32.1. The van der Waals surface area contributed by atoms with Gasteiger partial charge in [-0.15, -0.1) is 0 Å². The number of nitro groups is 1. The van der Waals surface area contributed by atoms with Gasteiger partial charge in [-0.3, -0.25) is 24.1 Å². The van der Waals surface area contributed by atoms with Crippen LogP contribution in [0.4, 0.5) is 17.1 Å². The SMILES string of the molecule is CC(=O)Nc1ccc(NC(=O)c2sc3nc(-c4cccc([N+](=O)[O-])c4)cn3c2C)cc1. The molecular formula is C21H17N5O4S. The molecule has 9 nitrogen and oxygen atoms in total. The zero-order valence-corrected chi connectivity index (χ0v) is 17.4. The molecular weight excluding hydrogens is 418 g/mol. The molecule has 10 heteroatoms. The molecule has 2 heterocycles. The Labute approximate surface area is 180 Å². The van der Waals surface area contributed by atoms with Crippen molar-refractivity contribution in [3.63, 3.8) is 0 Å². The first-order valence-electron chi connectivity index (χ1n) is 9.24. The van der Waals surface area contributed by atoms with Crippen molar-refractivity contribution in [3.8, 4) is 11.3 Å². The smallest absolute Gasteiger partial charge is 0.270 e. The Kier molecular flexibility index (Phi) is 5.22. The predicted molar refractivity (Wildman–Crippen MR) is 119 cm³/mol. The Bertz CT molecular complexity index is 1320. The highest BCUT2D eigenvalue weighted by Crippen LogP contribution is 2.29. The number of benzene rings is 2. The second-order valence-electron chi connectivity index (χ2n) is 6.82. The lowest BCUT2D eigenvalue weighted by molar-refractivity contribution is -0.384. The first kappa shape index (κ1) is 20.2. The van der Waals surface area contributed by atoms with Crippen LogP contribution in [-0.2, 0) is 4.79 Å². The van der Waals surface area contributed by atoms with Crippen LogP contribution in [0.1, 0.15) is 22.3 Å². The number of hydrogen-bond donors (Lipinski definition) is 2. The van der Waals surface area contributed by atoms with E-state index in [1.54, 1.807) is 47.0 Å². The second-order valence-corrected chi connectivity index (χ2v) is 7.79. The maximum Gasteiger partial charge on any atom is 0.270 e. The van der Waals surface area contributed by atoms with Crippen LogP contribution in [0.15, 0.2) is 54.7 Å². The predicted octanol–water partition coefficient (Wildman–Crippen LogP) is 4.49. The summed E-state index contributed by atoms with van der Waals surface area (Å²) in [6, 6.07) is 13.1. The van der Waals surface area contributed by atoms with Gasteiger partial charge in [-0.1, -0.05) is 23.5 Å². The third-order valence-corrected chi connectivity index (χ3v) is 5.73. The first-order chi connectivity index (χ1) is 14.8. The van der Waals surface area contributed by atoms with Crippen LogP contribution in [-0.4, -0.2) is 26.1 Å². The summed E-state index contributed by atoms with van der Waals surface area (Å²) in [5.41, 5.74) is 3.19. The molecule has 0 saturated carbocycles. The molecule has 4 aromatic rings. The number of anilines is 2. The molecule has 4 rings (SSSR count). The molecule has 0 aliphatic rings. The molecule has 0 atom stereocenters. The number of rotatable bonds is 5. The van der Waals surface area contributed by atoms with Crippen LogP contribution >= 0.6 is 11.3 Å². The van der Waals surface area contributed by atoms with Crippen LogP contribution < -0.4 is 10.6 Å². The molecule has 2 aromatic heterocycles. The van der Waals surface area contributed by atoms with Gasteiger partial charge >= 0.3 is 0 Å². The Morgan fingerprint density at radius 2 is 1.77 bits per heavy atom. The molecule has 0 unspecified atom stereocenters. The van der Waals surface area contributed by atoms with Gasteiger partial charge in [0, 0.05) is 47.9 Å². The standard InChI is InChI=1S/C21H17N5O4S/c1-12-19(20(28)23-16-8-6-15(7-9-16)22-13(2)27)31-21-24-18(11-25(12)21)14-4-3-5-17(10-14)26(29)30/h3-11H,1-2H3,(H,22,27)(H,23,28). The largest absolute Gasteiger partial charge is 0.326 e. The van der Waals surface area contributed by atoms with Crippen molar-refractivity contribution in [1.82, 2.24) is 9.38 Å². The van der Waals surface area contributed by atoms with Crippen molar-refractivity contribution in [1.29, 1.82) is 0 Å². The number of carbonyl (C=O) groups excluding carboxylic acids is 2. The quantitative estimate of drug-likeness (QED) is 0.354. The monoisotopic (exact) mass is 435 g/mol. The second kappa shape index (κ2) is 8.00. The van der Waals surface area contributed by atoms with E-state index >= 15 is 0 Å². The number of imidazole rings is 1. The number of non-ortho nitro benzene ring substituents is 1. The number of nitro benzene ring substituents is 1. The maximum absolute atomic E-state index is 12.8. The van der Waals surface area contributed by atoms with Gasteiger partial charge in [0.1, 0.15) is 4.88 Å². The van der Waals surface area contributed by atoms with Crippen molar-refractivity contribution >= 4 is 45.2 Å².